The predicted octanol–water partition coefficient (Wildman–Crippen LogP) is 5.22. The summed E-state index contributed by atoms with van der Waals surface area (Å²) in [7, 11) is 1.66. The van der Waals surface area contributed by atoms with Gasteiger partial charge in [-0.2, -0.15) is 18.3 Å². The topological polar surface area (TPSA) is 152 Å². The fraction of sp³-hybridized carbons (Fsp3) is 0.333. The number of aliphatic carboxylic acids is 1. The van der Waals surface area contributed by atoms with E-state index in [0.29, 0.717) is 30.3 Å². The number of amides is 2. The Kier molecular flexibility index (Phi) is 11.0. The molecule has 12 nitrogen and oxygen atoms in total. The first-order valence-corrected chi connectivity index (χ1v) is 14.2. The molecule has 5 rings (SSSR count). The van der Waals surface area contributed by atoms with Crippen molar-refractivity contribution in [1.29, 1.82) is 0 Å². The summed E-state index contributed by atoms with van der Waals surface area (Å²) < 4.78 is 45.3. The van der Waals surface area contributed by atoms with E-state index < -0.39 is 12.1 Å². The van der Waals surface area contributed by atoms with Crippen LogP contribution in [0.25, 0.3) is 11.0 Å². The number of aromatic nitrogens is 3. The Balaban J connectivity index is 0.000000591. The Morgan fingerprint density at radius 3 is 2.38 bits per heavy atom. The molecular weight excluding hydrogens is 595 g/mol. The van der Waals surface area contributed by atoms with Gasteiger partial charge in [0.05, 0.1) is 13.7 Å². The Morgan fingerprint density at radius 2 is 1.78 bits per heavy atom. The summed E-state index contributed by atoms with van der Waals surface area (Å²) in [4.78, 5) is 25.4. The number of nitrogens with one attached hydrogen (secondary N) is 4. The molecule has 2 aromatic carbocycles. The van der Waals surface area contributed by atoms with E-state index >= 15 is 0 Å². The van der Waals surface area contributed by atoms with Crippen molar-refractivity contribution < 1.29 is 37.3 Å². The van der Waals surface area contributed by atoms with Crippen molar-refractivity contribution in [2.75, 3.05) is 37.4 Å². The Morgan fingerprint density at radius 1 is 1.09 bits per heavy atom. The summed E-state index contributed by atoms with van der Waals surface area (Å²) in [6.07, 6.45) is -1.17. The maximum absolute atomic E-state index is 11.8. The zero-order valence-corrected chi connectivity index (χ0v) is 24.6. The van der Waals surface area contributed by atoms with E-state index in [2.05, 4.69) is 26.3 Å². The fourth-order valence-corrected chi connectivity index (χ4v) is 4.51. The normalized spacial score (nSPS) is 14.6. The number of ether oxygens (including phenoxy) is 2. The van der Waals surface area contributed by atoms with Crippen molar-refractivity contribution in [3.05, 3.63) is 66.4 Å². The average Bonchev–Trinajstić information content (AvgIpc) is 3.36. The number of methoxy groups -OCH3 is 1. The van der Waals surface area contributed by atoms with Crippen LogP contribution in [-0.4, -0.2) is 70.8 Å². The Labute approximate surface area is 256 Å². The number of anilines is 2. The minimum Gasteiger partial charge on any atom is -0.497 e. The molecule has 0 bridgehead atoms. The lowest BCUT2D eigenvalue weighted by atomic mass is 10.1. The lowest BCUT2D eigenvalue weighted by molar-refractivity contribution is -0.192. The van der Waals surface area contributed by atoms with Crippen LogP contribution in [0.4, 0.5) is 29.5 Å². The number of carboxylic acid groups (broad SMARTS) is 1. The first-order chi connectivity index (χ1) is 21.6. The SMILES string of the molecule is CCNC(=O)Nc1ccc(Oc2ccnc3c2c(N[C@@H]2CCCNC2)nn3Cc2ccc(OC)cc2)cc1.O=C(O)C(F)(F)F. The van der Waals surface area contributed by atoms with Crippen LogP contribution in [0.15, 0.2) is 60.8 Å². The van der Waals surface area contributed by atoms with Gasteiger partial charge in [-0.15, -0.1) is 0 Å². The molecule has 5 N–H and O–H groups in total. The largest absolute Gasteiger partial charge is 0.497 e. The van der Waals surface area contributed by atoms with E-state index in [1.54, 1.807) is 13.3 Å². The van der Waals surface area contributed by atoms with Gasteiger partial charge >= 0.3 is 18.2 Å². The van der Waals surface area contributed by atoms with Gasteiger partial charge in [-0.25, -0.2) is 19.3 Å². The molecule has 1 aliphatic heterocycles. The molecule has 2 aromatic heterocycles. The highest BCUT2D eigenvalue weighted by molar-refractivity contribution is 5.94. The number of nitrogens with zero attached hydrogens (tertiary/aromatic N) is 3. The third kappa shape index (κ3) is 9.22. The number of benzene rings is 2. The quantitative estimate of drug-likeness (QED) is 0.168. The fourth-order valence-electron chi connectivity index (χ4n) is 4.51. The molecule has 0 unspecified atom stereocenters. The monoisotopic (exact) mass is 629 g/mol. The van der Waals surface area contributed by atoms with Gasteiger partial charge in [0.15, 0.2) is 11.5 Å². The molecule has 0 aliphatic carbocycles. The summed E-state index contributed by atoms with van der Waals surface area (Å²) in [6.45, 7) is 4.90. The zero-order valence-electron chi connectivity index (χ0n) is 24.6. The molecular formula is C30H34F3N7O5. The van der Waals surface area contributed by atoms with Crippen molar-refractivity contribution in [2.24, 2.45) is 0 Å². The minimum absolute atomic E-state index is 0.241. The summed E-state index contributed by atoms with van der Waals surface area (Å²) in [6, 6.07) is 17.1. The van der Waals surface area contributed by atoms with Crippen molar-refractivity contribution in [2.45, 2.75) is 38.5 Å². The molecule has 0 saturated carbocycles. The van der Waals surface area contributed by atoms with Gasteiger partial charge in [0, 0.05) is 37.1 Å². The molecule has 0 radical (unpaired) electrons. The molecule has 1 atom stereocenters. The van der Waals surface area contributed by atoms with Gasteiger partial charge in [0.2, 0.25) is 0 Å². The van der Waals surface area contributed by atoms with Gasteiger partial charge in [-0.3, -0.25) is 0 Å². The maximum Gasteiger partial charge on any atom is 0.490 e. The smallest absolute Gasteiger partial charge is 0.490 e. The highest BCUT2D eigenvalue weighted by Gasteiger charge is 2.38. The second-order valence-corrected chi connectivity index (χ2v) is 9.96. The molecule has 45 heavy (non-hydrogen) atoms. The summed E-state index contributed by atoms with van der Waals surface area (Å²) >= 11 is 0. The highest BCUT2D eigenvalue weighted by atomic mass is 19.4. The van der Waals surface area contributed by atoms with Crippen LogP contribution >= 0.6 is 0 Å². The van der Waals surface area contributed by atoms with Crippen LogP contribution in [0.3, 0.4) is 0 Å². The number of hydrogen-bond acceptors (Lipinski definition) is 8. The molecule has 15 heteroatoms. The Hall–Kier alpha value is -5.05. The van der Waals surface area contributed by atoms with Crippen LogP contribution in [0.2, 0.25) is 0 Å². The number of hydrogen-bond donors (Lipinski definition) is 5. The molecule has 3 heterocycles. The lowest BCUT2D eigenvalue weighted by Crippen LogP contribution is -2.38. The number of carboxylic acids is 1. The number of carbonyl (C=O) groups is 2. The molecule has 1 saturated heterocycles. The Bertz CT molecular complexity index is 1570. The van der Waals surface area contributed by atoms with Gasteiger partial charge in [0.1, 0.15) is 22.6 Å². The van der Waals surface area contributed by atoms with Crippen LogP contribution < -0.4 is 30.7 Å². The third-order valence-corrected chi connectivity index (χ3v) is 6.64. The van der Waals surface area contributed by atoms with E-state index in [-0.39, 0.29) is 12.1 Å². The highest BCUT2D eigenvalue weighted by Crippen LogP contribution is 2.35. The van der Waals surface area contributed by atoms with Crippen molar-refractivity contribution in [1.82, 2.24) is 25.4 Å². The number of carbonyl (C=O) groups excluding carboxylic acids is 1. The van der Waals surface area contributed by atoms with E-state index in [4.69, 9.17) is 24.5 Å². The molecule has 0 spiro atoms. The predicted molar refractivity (Wildman–Crippen MR) is 162 cm³/mol. The van der Waals surface area contributed by atoms with Gasteiger partial charge in [-0.05, 0) is 68.3 Å². The van der Waals surface area contributed by atoms with Crippen LogP contribution in [0.1, 0.15) is 25.3 Å². The number of piperidine rings is 1. The van der Waals surface area contributed by atoms with E-state index in [1.807, 2.05) is 66.2 Å². The second-order valence-electron chi connectivity index (χ2n) is 9.96. The molecule has 240 valence electrons. The number of fused-ring (bicyclic) bond motifs is 1. The van der Waals surface area contributed by atoms with E-state index in [9.17, 15) is 18.0 Å². The second kappa shape index (κ2) is 15.1. The van der Waals surface area contributed by atoms with Gasteiger partial charge < -0.3 is 35.8 Å². The van der Waals surface area contributed by atoms with Crippen LogP contribution in [0.5, 0.6) is 17.2 Å². The van der Waals surface area contributed by atoms with Crippen molar-refractivity contribution in [3.63, 3.8) is 0 Å². The van der Waals surface area contributed by atoms with Crippen molar-refractivity contribution >= 4 is 34.5 Å². The zero-order chi connectivity index (χ0) is 32.4. The lowest BCUT2D eigenvalue weighted by Gasteiger charge is -2.23. The summed E-state index contributed by atoms with van der Waals surface area (Å²) in [5.74, 6) is 0.110. The number of alkyl halides is 3. The van der Waals surface area contributed by atoms with E-state index in [1.165, 1.54) is 0 Å². The molecule has 1 fully saturated rings. The number of urea groups is 1. The van der Waals surface area contributed by atoms with Gasteiger partial charge in [-0.1, -0.05) is 12.1 Å². The summed E-state index contributed by atoms with van der Waals surface area (Å²) in [5.41, 5.74) is 2.51. The maximum atomic E-state index is 11.8. The van der Waals surface area contributed by atoms with Crippen LogP contribution in [-0.2, 0) is 11.3 Å². The average molecular weight is 630 g/mol. The van der Waals surface area contributed by atoms with Crippen molar-refractivity contribution in [3.8, 4) is 17.2 Å². The van der Waals surface area contributed by atoms with E-state index in [0.717, 1.165) is 54.1 Å². The number of rotatable bonds is 9. The third-order valence-electron chi connectivity index (χ3n) is 6.64. The molecule has 2 amide bonds. The van der Waals surface area contributed by atoms with Crippen LogP contribution in [0, 0.1) is 0 Å². The van der Waals surface area contributed by atoms with Gasteiger partial charge in [0.25, 0.3) is 0 Å². The number of pyridine rings is 1. The first-order valence-electron chi connectivity index (χ1n) is 14.2. The number of halogens is 3. The standard InChI is InChI=1S/C28H33N7O3.C2HF3O2/c1-3-30-28(36)33-20-8-12-23(13-9-20)38-24-14-16-31-27-25(24)26(32-21-5-4-15-29-17-21)34-35(27)18-19-6-10-22(37-2)11-7-19;3-2(4,5)1(6)7/h6-14,16,21,29H,3-5,15,17-18H2,1-2H3,(H,32,34)(H2,30,33,36);(H,6,7)/t21-;/m1./s1. The molecule has 1 aliphatic rings. The molecule has 4 aromatic rings. The first kappa shape index (κ1) is 32.9. The summed E-state index contributed by atoms with van der Waals surface area (Å²) in [5, 5.41) is 25.5. The minimum atomic E-state index is -5.08.